The van der Waals surface area contributed by atoms with Crippen molar-refractivity contribution in [3.05, 3.63) is 91.3 Å². The summed E-state index contributed by atoms with van der Waals surface area (Å²) >= 11 is 0. The first-order valence-electron chi connectivity index (χ1n) is 11.8. The quantitative estimate of drug-likeness (QED) is 0.329. The van der Waals surface area contributed by atoms with Crippen LogP contribution in [0.1, 0.15) is 39.5 Å². The second-order valence-corrected chi connectivity index (χ2v) is 9.12. The molecule has 8 nitrogen and oxygen atoms in total. The molecule has 0 aliphatic carbocycles. The number of carbonyl (C=O) groups is 2. The number of esters is 1. The summed E-state index contributed by atoms with van der Waals surface area (Å²) in [6.45, 7) is 1.54. The fourth-order valence-corrected chi connectivity index (χ4v) is 4.58. The second-order valence-electron chi connectivity index (χ2n) is 9.12. The molecule has 1 unspecified atom stereocenters. The maximum absolute atomic E-state index is 15.3. The SMILES string of the molecule is CCOC(=O)c1cn(-c2ccc3c(c2)C(F)(C(F)(F)F)C(=O)N3C)c(=O)n(Cc2cccc(C(F)(F)F)c2C)c1=O. The summed E-state index contributed by atoms with van der Waals surface area (Å²) in [5.41, 5.74) is -11.3. The Hall–Kier alpha value is -4.43. The lowest BCUT2D eigenvalue weighted by atomic mass is 9.96. The van der Waals surface area contributed by atoms with Crippen molar-refractivity contribution in [2.24, 2.45) is 0 Å². The summed E-state index contributed by atoms with van der Waals surface area (Å²) in [6.07, 6.45) is -9.76. The van der Waals surface area contributed by atoms with Gasteiger partial charge in [-0.1, -0.05) is 12.1 Å². The fourth-order valence-electron chi connectivity index (χ4n) is 4.58. The number of nitrogens with zero attached hydrogens (tertiary/aromatic N) is 3. The van der Waals surface area contributed by atoms with Crippen LogP contribution < -0.4 is 16.1 Å². The van der Waals surface area contributed by atoms with E-state index < -0.39 is 75.8 Å². The lowest BCUT2D eigenvalue weighted by Gasteiger charge is -2.22. The van der Waals surface area contributed by atoms with Gasteiger partial charge in [0.25, 0.3) is 11.5 Å². The van der Waals surface area contributed by atoms with E-state index in [0.29, 0.717) is 26.3 Å². The largest absolute Gasteiger partial charge is 0.462 e. The van der Waals surface area contributed by atoms with Crippen LogP contribution in [-0.4, -0.2) is 40.8 Å². The van der Waals surface area contributed by atoms with Gasteiger partial charge in [-0.3, -0.25) is 18.7 Å². The Morgan fingerprint density at radius 2 is 1.68 bits per heavy atom. The van der Waals surface area contributed by atoms with Gasteiger partial charge in [0, 0.05) is 18.8 Å². The average Bonchev–Trinajstić information content (AvgIpc) is 3.08. The molecular weight excluding hydrogens is 567 g/mol. The zero-order chi connectivity index (χ0) is 30.7. The van der Waals surface area contributed by atoms with E-state index >= 15 is 4.39 Å². The summed E-state index contributed by atoms with van der Waals surface area (Å²) in [5.74, 6) is -3.14. The van der Waals surface area contributed by atoms with Crippen LogP contribution >= 0.6 is 0 Å². The van der Waals surface area contributed by atoms with Crippen LogP contribution in [0.5, 0.6) is 0 Å². The van der Waals surface area contributed by atoms with Crippen LogP contribution in [0, 0.1) is 6.92 Å². The maximum atomic E-state index is 15.3. The Morgan fingerprint density at radius 3 is 2.27 bits per heavy atom. The van der Waals surface area contributed by atoms with E-state index in [2.05, 4.69) is 0 Å². The van der Waals surface area contributed by atoms with Gasteiger partial charge >= 0.3 is 29.7 Å². The van der Waals surface area contributed by atoms with E-state index in [4.69, 9.17) is 4.74 Å². The zero-order valence-electron chi connectivity index (χ0n) is 21.5. The highest BCUT2D eigenvalue weighted by Crippen LogP contribution is 2.52. The minimum absolute atomic E-state index is 0.118. The van der Waals surface area contributed by atoms with E-state index in [1.807, 2.05) is 0 Å². The van der Waals surface area contributed by atoms with E-state index in [1.54, 1.807) is 0 Å². The average molecular weight is 587 g/mol. The van der Waals surface area contributed by atoms with E-state index in [9.17, 15) is 45.5 Å². The molecule has 0 fully saturated rings. The summed E-state index contributed by atoms with van der Waals surface area (Å²) in [5, 5.41) is 0. The number of amides is 1. The number of carbonyl (C=O) groups excluding carboxylic acids is 2. The maximum Gasteiger partial charge on any atom is 0.436 e. The number of rotatable bonds is 5. The summed E-state index contributed by atoms with van der Waals surface area (Å²) in [7, 11) is 0.927. The summed E-state index contributed by atoms with van der Waals surface area (Å²) < 4.78 is 103. The predicted molar refractivity (Wildman–Crippen MR) is 130 cm³/mol. The Bertz CT molecular complexity index is 1690. The van der Waals surface area contributed by atoms with Crippen molar-refractivity contribution in [1.29, 1.82) is 0 Å². The molecule has 2 aromatic carbocycles. The number of ether oxygens (including phenoxy) is 1. The Morgan fingerprint density at radius 1 is 1.02 bits per heavy atom. The second kappa shape index (κ2) is 9.89. The first-order valence-corrected chi connectivity index (χ1v) is 11.8. The van der Waals surface area contributed by atoms with Crippen molar-refractivity contribution in [1.82, 2.24) is 9.13 Å². The molecule has 1 amide bonds. The minimum Gasteiger partial charge on any atom is -0.462 e. The van der Waals surface area contributed by atoms with Gasteiger partial charge < -0.3 is 9.64 Å². The topological polar surface area (TPSA) is 90.6 Å². The first-order chi connectivity index (χ1) is 18.9. The van der Waals surface area contributed by atoms with E-state index in [0.717, 1.165) is 38.2 Å². The molecule has 0 saturated carbocycles. The predicted octanol–water partition coefficient (Wildman–Crippen LogP) is 4.25. The molecule has 15 heteroatoms. The van der Waals surface area contributed by atoms with E-state index in [1.165, 1.54) is 13.0 Å². The molecule has 0 bridgehead atoms. The Balaban J connectivity index is 1.98. The normalized spacial score (nSPS) is 17.1. The lowest BCUT2D eigenvalue weighted by Crippen LogP contribution is -2.46. The third kappa shape index (κ3) is 4.68. The first kappa shape index (κ1) is 29.6. The number of fused-ring (bicyclic) bond motifs is 1. The highest BCUT2D eigenvalue weighted by Gasteiger charge is 2.68. The van der Waals surface area contributed by atoms with Crippen molar-refractivity contribution in [2.75, 3.05) is 18.6 Å². The van der Waals surface area contributed by atoms with Crippen molar-refractivity contribution in [3.63, 3.8) is 0 Å². The van der Waals surface area contributed by atoms with Crippen molar-refractivity contribution in [2.45, 2.75) is 38.4 Å². The number of likely N-dealkylation sites (N-methyl/N-ethyl adjacent to an activating group) is 1. The van der Waals surface area contributed by atoms with E-state index in [-0.39, 0.29) is 17.7 Å². The monoisotopic (exact) mass is 587 g/mol. The molecule has 41 heavy (non-hydrogen) atoms. The molecule has 0 radical (unpaired) electrons. The molecule has 1 aromatic heterocycles. The van der Waals surface area contributed by atoms with Crippen LogP contribution in [-0.2, 0) is 27.9 Å². The zero-order valence-corrected chi connectivity index (χ0v) is 21.5. The standard InChI is InChI=1S/C26H20F7N3O5/c1-4-41-21(38)16-12-35(15-8-9-19-18(10-15)24(27,26(31,32)33)22(39)34(19)3)23(40)36(20(16)37)11-14-6-5-7-17(13(14)2)25(28,29)30/h5-10,12H,4,11H2,1-3H3. The molecule has 1 aliphatic rings. The minimum atomic E-state index is -5.68. The highest BCUT2D eigenvalue weighted by atomic mass is 19.4. The third-order valence-electron chi connectivity index (χ3n) is 6.73. The lowest BCUT2D eigenvalue weighted by molar-refractivity contribution is -0.227. The number of halogens is 7. The molecule has 0 N–H and O–H groups in total. The number of alkyl halides is 7. The van der Waals surface area contributed by atoms with Gasteiger partial charge in [0.2, 0.25) is 0 Å². The van der Waals surface area contributed by atoms with Crippen molar-refractivity contribution in [3.8, 4) is 5.69 Å². The van der Waals surface area contributed by atoms with Crippen LogP contribution in [0.25, 0.3) is 5.69 Å². The molecule has 0 saturated heterocycles. The molecule has 218 valence electrons. The molecule has 4 rings (SSSR count). The molecule has 0 spiro atoms. The Labute approximate surface area is 226 Å². The van der Waals surface area contributed by atoms with Gasteiger partial charge in [0.05, 0.1) is 30.1 Å². The van der Waals surface area contributed by atoms with Crippen LogP contribution in [0.4, 0.5) is 36.4 Å². The molecule has 1 atom stereocenters. The molecule has 3 aromatic rings. The number of hydrogen-bond acceptors (Lipinski definition) is 5. The Kier molecular flexibility index (Phi) is 7.13. The van der Waals surface area contributed by atoms with Crippen LogP contribution in [0.3, 0.4) is 0 Å². The van der Waals surface area contributed by atoms with Crippen molar-refractivity contribution < 1.29 is 45.1 Å². The number of anilines is 1. The molecular formula is C26H20F7N3O5. The summed E-state index contributed by atoms with van der Waals surface area (Å²) in [6, 6.07) is 5.63. The van der Waals surface area contributed by atoms with Gasteiger partial charge in [-0.15, -0.1) is 0 Å². The van der Waals surface area contributed by atoms with Crippen LogP contribution in [0.2, 0.25) is 0 Å². The van der Waals surface area contributed by atoms with Crippen molar-refractivity contribution >= 4 is 17.6 Å². The smallest absolute Gasteiger partial charge is 0.436 e. The van der Waals surface area contributed by atoms with Gasteiger partial charge in [0.1, 0.15) is 5.56 Å². The van der Waals surface area contributed by atoms with Gasteiger partial charge in [-0.25, -0.2) is 14.0 Å². The summed E-state index contributed by atoms with van der Waals surface area (Å²) in [4.78, 5) is 51.9. The number of hydrogen-bond donors (Lipinski definition) is 0. The van der Waals surface area contributed by atoms with Crippen LogP contribution in [0.15, 0.2) is 52.2 Å². The third-order valence-corrected chi connectivity index (χ3v) is 6.73. The number of benzene rings is 2. The van der Waals surface area contributed by atoms with Gasteiger partial charge in [-0.2, -0.15) is 26.3 Å². The van der Waals surface area contributed by atoms with Gasteiger partial charge in [-0.05, 0) is 49.2 Å². The fraction of sp³-hybridized carbons (Fsp3) is 0.308. The molecule has 2 heterocycles. The van der Waals surface area contributed by atoms with Gasteiger partial charge in [0.15, 0.2) is 0 Å². The molecule has 1 aliphatic heterocycles. The number of aromatic nitrogens is 2. The highest BCUT2D eigenvalue weighted by molar-refractivity contribution is 6.07.